The van der Waals surface area contributed by atoms with Gasteiger partial charge in [-0.15, -0.1) is 0 Å². The zero-order valence-electron chi connectivity index (χ0n) is 12.2. The predicted octanol–water partition coefficient (Wildman–Crippen LogP) is 2.46. The van der Waals surface area contributed by atoms with Crippen molar-refractivity contribution < 1.29 is 5.11 Å². The highest BCUT2D eigenvalue weighted by atomic mass is 16.2. The lowest BCUT2D eigenvalue weighted by atomic mass is 10.1. The van der Waals surface area contributed by atoms with Crippen LogP contribution in [-0.4, -0.2) is 31.3 Å². The lowest BCUT2D eigenvalue weighted by Crippen LogP contribution is -2.29. The molecule has 0 aliphatic carbocycles. The number of hydrogen-bond acceptors (Lipinski definition) is 3. The van der Waals surface area contributed by atoms with Crippen LogP contribution in [0.15, 0.2) is 18.2 Å². The summed E-state index contributed by atoms with van der Waals surface area (Å²) in [4.78, 5) is 2.52. The van der Waals surface area contributed by atoms with Crippen LogP contribution in [0, 0.1) is 6.92 Å². The van der Waals surface area contributed by atoms with Crippen LogP contribution in [0.3, 0.4) is 0 Å². The molecule has 1 aliphatic rings. The van der Waals surface area contributed by atoms with Crippen LogP contribution in [0.2, 0.25) is 0 Å². The van der Waals surface area contributed by atoms with Gasteiger partial charge in [0.1, 0.15) is 0 Å². The maximum Gasteiger partial charge on any atom is 0.0431 e. The first-order valence-electron chi connectivity index (χ1n) is 7.38. The Kier molecular flexibility index (Phi) is 5.23. The normalized spacial score (nSPS) is 19.1. The molecule has 2 rings (SSSR count). The highest BCUT2D eigenvalue weighted by Crippen LogP contribution is 2.29. The van der Waals surface area contributed by atoms with E-state index in [1.807, 2.05) is 7.05 Å². The van der Waals surface area contributed by atoms with Crippen molar-refractivity contribution in [3.05, 3.63) is 29.3 Å². The molecule has 3 nitrogen and oxygen atoms in total. The van der Waals surface area contributed by atoms with Crippen molar-refractivity contribution in [1.82, 2.24) is 5.32 Å². The molecular weight excluding hydrogens is 236 g/mol. The Bertz CT molecular complexity index is 406. The summed E-state index contributed by atoms with van der Waals surface area (Å²) in [6.07, 6.45) is 4.55. The molecule has 0 radical (unpaired) electrons. The molecule has 2 N–H and O–H groups in total. The molecule has 3 heteroatoms. The minimum atomic E-state index is 0.310. The summed E-state index contributed by atoms with van der Waals surface area (Å²) in [5.41, 5.74) is 4.08. The maximum absolute atomic E-state index is 9.00. The molecule has 1 unspecified atom stereocenters. The molecule has 1 saturated heterocycles. The van der Waals surface area contributed by atoms with Gasteiger partial charge in [0.05, 0.1) is 0 Å². The van der Waals surface area contributed by atoms with Crippen molar-refractivity contribution in [3.8, 4) is 0 Å². The van der Waals surface area contributed by atoms with Crippen LogP contribution < -0.4 is 10.2 Å². The molecule has 0 aromatic heterocycles. The molecule has 1 atom stereocenters. The zero-order valence-corrected chi connectivity index (χ0v) is 12.2. The molecular formula is C16H26N2O. The molecule has 1 heterocycles. The maximum atomic E-state index is 9.00. The topological polar surface area (TPSA) is 35.5 Å². The van der Waals surface area contributed by atoms with E-state index in [0.29, 0.717) is 12.6 Å². The Balaban J connectivity index is 2.10. The van der Waals surface area contributed by atoms with Crippen molar-refractivity contribution in [2.24, 2.45) is 0 Å². The minimum absolute atomic E-state index is 0.310. The Morgan fingerprint density at radius 3 is 2.95 bits per heavy atom. The van der Waals surface area contributed by atoms with Gasteiger partial charge < -0.3 is 15.3 Å². The van der Waals surface area contributed by atoms with Crippen molar-refractivity contribution in [3.63, 3.8) is 0 Å². The van der Waals surface area contributed by atoms with Crippen molar-refractivity contribution in [1.29, 1.82) is 0 Å². The number of rotatable bonds is 6. The highest BCUT2D eigenvalue weighted by Gasteiger charge is 2.24. The first-order chi connectivity index (χ1) is 9.26. The molecule has 1 aromatic carbocycles. The van der Waals surface area contributed by atoms with Crippen LogP contribution in [0.4, 0.5) is 5.69 Å². The molecule has 19 heavy (non-hydrogen) atoms. The van der Waals surface area contributed by atoms with Crippen LogP contribution in [0.25, 0.3) is 0 Å². The second-order valence-electron chi connectivity index (χ2n) is 5.50. The van der Waals surface area contributed by atoms with E-state index in [-0.39, 0.29) is 0 Å². The second kappa shape index (κ2) is 6.92. The summed E-state index contributed by atoms with van der Waals surface area (Å²) in [6.45, 7) is 4.58. The lowest BCUT2D eigenvalue weighted by molar-refractivity contribution is 0.279. The van der Waals surface area contributed by atoms with E-state index in [9.17, 15) is 0 Å². The molecule has 1 fully saturated rings. The number of aliphatic hydroxyl groups excluding tert-OH is 1. The highest BCUT2D eigenvalue weighted by molar-refractivity contribution is 5.52. The fraction of sp³-hybridized carbons (Fsp3) is 0.625. The average molecular weight is 262 g/mol. The molecule has 0 saturated carbocycles. The molecule has 0 spiro atoms. The number of aliphatic hydroxyl groups is 1. The molecule has 106 valence electrons. The Morgan fingerprint density at radius 2 is 2.26 bits per heavy atom. The molecule has 0 bridgehead atoms. The Hall–Kier alpha value is -1.06. The fourth-order valence-electron chi connectivity index (χ4n) is 3.05. The number of nitrogens with zero attached hydrogens (tertiary/aromatic N) is 1. The SMILES string of the molecule is CNCc1ccc(N2CCCC2CCCO)cc1C. The van der Waals surface area contributed by atoms with Crippen molar-refractivity contribution >= 4 is 5.69 Å². The smallest absolute Gasteiger partial charge is 0.0431 e. The third-order valence-electron chi connectivity index (χ3n) is 4.10. The van der Waals surface area contributed by atoms with Crippen LogP contribution in [0.1, 0.15) is 36.8 Å². The Morgan fingerprint density at radius 1 is 1.42 bits per heavy atom. The number of nitrogens with one attached hydrogen (secondary N) is 1. The van der Waals surface area contributed by atoms with Crippen molar-refractivity contribution in [2.45, 2.75) is 45.2 Å². The first-order valence-corrected chi connectivity index (χ1v) is 7.38. The lowest BCUT2D eigenvalue weighted by Gasteiger charge is -2.27. The summed E-state index contributed by atoms with van der Waals surface area (Å²) < 4.78 is 0. The monoisotopic (exact) mass is 262 g/mol. The quantitative estimate of drug-likeness (QED) is 0.826. The average Bonchev–Trinajstić information content (AvgIpc) is 2.87. The summed E-state index contributed by atoms with van der Waals surface area (Å²) in [7, 11) is 1.98. The predicted molar refractivity (Wildman–Crippen MR) is 80.6 cm³/mol. The third kappa shape index (κ3) is 3.48. The summed E-state index contributed by atoms with van der Waals surface area (Å²) in [5.74, 6) is 0. The van der Waals surface area contributed by atoms with E-state index in [0.717, 1.165) is 25.9 Å². The van der Waals surface area contributed by atoms with Gasteiger partial charge in [0.25, 0.3) is 0 Å². The first kappa shape index (κ1) is 14.4. The van der Waals surface area contributed by atoms with Crippen molar-refractivity contribution in [2.75, 3.05) is 25.1 Å². The van der Waals surface area contributed by atoms with Gasteiger partial charge in [-0.3, -0.25) is 0 Å². The van der Waals surface area contributed by atoms with Gasteiger partial charge in [0.2, 0.25) is 0 Å². The third-order valence-corrected chi connectivity index (χ3v) is 4.10. The van der Waals surface area contributed by atoms with E-state index >= 15 is 0 Å². The fourth-order valence-corrected chi connectivity index (χ4v) is 3.05. The number of aryl methyl sites for hydroxylation is 1. The molecule has 0 amide bonds. The number of anilines is 1. The van der Waals surface area contributed by atoms with E-state index in [2.05, 4.69) is 35.3 Å². The van der Waals surface area contributed by atoms with Gasteiger partial charge in [0.15, 0.2) is 0 Å². The van der Waals surface area contributed by atoms with Gasteiger partial charge >= 0.3 is 0 Å². The van der Waals surface area contributed by atoms with Gasteiger partial charge in [0, 0.05) is 31.4 Å². The summed E-state index contributed by atoms with van der Waals surface area (Å²) in [6, 6.07) is 7.41. The van der Waals surface area contributed by atoms with Gasteiger partial charge in [-0.05, 0) is 62.9 Å². The van der Waals surface area contributed by atoms with Gasteiger partial charge in [-0.25, -0.2) is 0 Å². The van der Waals surface area contributed by atoms with Crippen LogP contribution in [0.5, 0.6) is 0 Å². The largest absolute Gasteiger partial charge is 0.396 e. The second-order valence-corrected chi connectivity index (χ2v) is 5.50. The standard InChI is InChI=1S/C16H26N2O/c1-13-11-16(8-7-14(13)12-17-2)18-9-3-5-15(18)6-4-10-19/h7-8,11,15,17,19H,3-6,9-10,12H2,1-2H3. The van der Waals surface area contributed by atoms with E-state index < -0.39 is 0 Å². The van der Waals surface area contributed by atoms with Crippen LogP contribution >= 0.6 is 0 Å². The van der Waals surface area contributed by atoms with Crippen LogP contribution in [-0.2, 0) is 6.54 Å². The minimum Gasteiger partial charge on any atom is -0.396 e. The van der Waals surface area contributed by atoms with E-state index in [1.165, 1.54) is 29.7 Å². The Labute approximate surface area is 116 Å². The number of hydrogen-bond donors (Lipinski definition) is 2. The zero-order chi connectivity index (χ0) is 13.7. The molecule has 1 aliphatic heterocycles. The van der Waals surface area contributed by atoms with E-state index in [1.54, 1.807) is 0 Å². The number of benzene rings is 1. The van der Waals surface area contributed by atoms with Gasteiger partial charge in [-0.1, -0.05) is 6.07 Å². The summed E-state index contributed by atoms with van der Waals surface area (Å²) >= 11 is 0. The van der Waals surface area contributed by atoms with E-state index in [4.69, 9.17) is 5.11 Å². The molecule has 1 aromatic rings. The summed E-state index contributed by atoms with van der Waals surface area (Å²) in [5, 5.41) is 12.2. The van der Waals surface area contributed by atoms with Gasteiger partial charge in [-0.2, -0.15) is 0 Å².